The highest BCUT2D eigenvalue weighted by molar-refractivity contribution is 6.31. The Morgan fingerprint density at radius 3 is 2.71 bits per heavy atom. The minimum absolute atomic E-state index is 0.0802. The lowest BCUT2D eigenvalue weighted by molar-refractivity contribution is 0.0955. The number of Topliss-reactive ketones (excluding diaryl/α,β-unsaturated/α-hetero) is 1. The fraction of sp³-hybridized carbons (Fsp3) is 0.176. The average Bonchev–Trinajstić information content (AvgIpc) is 2.50. The first-order valence-corrected chi connectivity index (χ1v) is 7.16. The van der Waals surface area contributed by atoms with E-state index in [9.17, 15) is 9.59 Å². The fourth-order valence-corrected chi connectivity index (χ4v) is 2.69. The maximum absolute atomic E-state index is 12.7. The van der Waals surface area contributed by atoms with Gasteiger partial charge in [-0.3, -0.25) is 9.59 Å². The summed E-state index contributed by atoms with van der Waals surface area (Å²) in [7, 11) is 0. The second kappa shape index (κ2) is 5.34. The maximum atomic E-state index is 12.7. The van der Waals surface area contributed by atoms with Crippen molar-refractivity contribution in [3.8, 4) is 0 Å². The first kappa shape index (κ1) is 13.8. The van der Waals surface area contributed by atoms with E-state index < -0.39 is 0 Å². The van der Waals surface area contributed by atoms with Crippen LogP contribution in [0.3, 0.4) is 0 Å². The van der Waals surface area contributed by atoms with Crippen molar-refractivity contribution in [3.63, 3.8) is 0 Å². The summed E-state index contributed by atoms with van der Waals surface area (Å²) in [5.74, 6) is -0.0477. The summed E-state index contributed by atoms with van der Waals surface area (Å²) in [4.78, 5) is 26.3. The number of carbonyl (C=O) groups is 2. The number of nitrogens with zero attached hydrogens (tertiary/aromatic N) is 1. The summed E-state index contributed by atoms with van der Waals surface area (Å²) in [6.07, 6.45) is 0.350. The van der Waals surface area contributed by atoms with E-state index in [2.05, 4.69) is 0 Å². The monoisotopic (exact) mass is 299 g/mol. The molecular weight excluding hydrogens is 286 g/mol. The lowest BCUT2D eigenvalue weighted by Crippen LogP contribution is -2.37. The molecule has 21 heavy (non-hydrogen) atoms. The number of carbonyl (C=O) groups excluding carboxylic acids is 2. The van der Waals surface area contributed by atoms with Gasteiger partial charge in [-0.1, -0.05) is 29.8 Å². The number of rotatable bonds is 1. The Hall–Kier alpha value is -2.13. The SMILES string of the molecule is Cc1ccc(C(=O)N2CCC(=O)c3ccccc32)cc1Cl. The zero-order chi connectivity index (χ0) is 15.0. The van der Waals surface area contributed by atoms with Crippen LogP contribution in [0.5, 0.6) is 0 Å². The molecule has 0 saturated heterocycles. The molecule has 0 radical (unpaired) electrons. The zero-order valence-electron chi connectivity index (χ0n) is 11.6. The number of para-hydroxylation sites is 1. The Balaban J connectivity index is 2.01. The fourth-order valence-electron chi connectivity index (χ4n) is 2.51. The number of halogens is 1. The summed E-state index contributed by atoms with van der Waals surface area (Å²) in [6, 6.07) is 12.5. The van der Waals surface area contributed by atoms with Gasteiger partial charge in [0.15, 0.2) is 5.78 Å². The number of aryl methyl sites for hydroxylation is 1. The quantitative estimate of drug-likeness (QED) is 0.801. The van der Waals surface area contributed by atoms with Crippen LogP contribution in [0.25, 0.3) is 0 Å². The number of amides is 1. The molecule has 0 unspecified atom stereocenters. The van der Waals surface area contributed by atoms with Crippen molar-refractivity contribution in [2.75, 3.05) is 11.4 Å². The molecular formula is C17H14ClNO2. The predicted octanol–water partition coefficient (Wildman–Crippen LogP) is 3.88. The van der Waals surface area contributed by atoms with Crippen LogP contribution in [0, 0.1) is 6.92 Å². The van der Waals surface area contributed by atoms with Crippen molar-refractivity contribution in [2.24, 2.45) is 0 Å². The molecule has 1 aliphatic heterocycles. The van der Waals surface area contributed by atoms with Gasteiger partial charge in [0.2, 0.25) is 0 Å². The molecule has 1 aliphatic rings. The van der Waals surface area contributed by atoms with Crippen LogP contribution in [0.15, 0.2) is 42.5 Å². The summed E-state index contributed by atoms with van der Waals surface area (Å²) >= 11 is 6.10. The van der Waals surface area contributed by atoms with E-state index in [1.807, 2.05) is 25.1 Å². The number of hydrogen-bond donors (Lipinski definition) is 0. The van der Waals surface area contributed by atoms with Gasteiger partial charge in [0.25, 0.3) is 5.91 Å². The molecule has 3 rings (SSSR count). The normalized spacial score (nSPS) is 14.0. The summed E-state index contributed by atoms with van der Waals surface area (Å²) in [5.41, 5.74) is 2.75. The molecule has 0 spiro atoms. The second-order valence-corrected chi connectivity index (χ2v) is 5.52. The minimum atomic E-state index is -0.128. The van der Waals surface area contributed by atoms with Gasteiger partial charge < -0.3 is 4.90 Å². The average molecular weight is 300 g/mol. The first-order chi connectivity index (χ1) is 10.1. The molecule has 0 atom stereocenters. The van der Waals surface area contributed by atoms with E-state index >= 15 is 0 Å². The molecule has 1 heterocycles. The van der Waals surface area contributed by atoms with Gasteiger partial charge in [-0.2, -0.15) is 0 Å². The van der Waals surface area contributed by atoms with E-state index in [-0.39, 0.29) is 11.7 Å². The molecule has 2 aromatic rings. The number of ketones is 1. The molecule has 106 valence electrons. The molecule has 0 fully saturated rings. The molecule has 0 aromatic heterocycles. The van der Waals surface area contributed by atoms with Crippen LogP contribution in [0.1, 0.15) is 32.7 Å². The van der Waals surface area contributed by atoms with Gasteiger partial charge >= 0.3 is 0 Å². The van der Waals surface area contributed by atoms with E-state index in [0.717, 1.165) is 5.56 Å². The number of hydrogen-bond acceptors (Lipinski definition) is 2. The highest BCUT2D eigenvalue weighted by Gasteiger charge is 2.27. The van der Waals surface area contributed by atoms with Gasteiger partial charge in [-0.05, 0) is 36.8 Å². The van der Waals surface area contributed by atoms with Crippen molar-refractivity contribution < 1.29 is 9.59 Å². The van der Waals surface area contributed by atoms with Gasteiger partial charge in [0.05, 0.1) is 5.69 Å². The maximum Gasteiger partial charge on any atom is 0.258 e. The Morgan fingerprint density at radius 2 is 1.95 bits per heavy atom. The Morgan fingerprint density at radius 1 is 1.19 bits per heavy atom. The van der Waals surface area contributed by atoms with E-state index in [1.165, 1.54) is 0 Å². The summed E-state index contributed by atoms with van der Waals surface area (Å²) in [6.45, 7) is 2.30. The summed E-state index contributed by atoms with van der Waals surface area (Å²) in [5, 5.41) is 0.572. The molecule has 0 aliphatic carbocycles. The Labute approximate surface area is 128 Å². The van der Waals surface area contributed by atoms with Crippen LogP contribution in [-0.2, 0) is 0 Å². The Kier molecular flexibility index (Phi) is 3.52. The van der Waals surface area contributed by atoms with E-state index in [0.29, 0.717) is 34.8 Å². The molecule has 0 N–H and O–H groups in total. The van der Waals surface area contributed by atoms with E-state index in [1.54, 1.807) is 29.2 Å². The van der Waals surface area contributed by atoms with Crippen molar-refractivity contribution in [1.82, 2.24) is 0 Å². The molecule has 1 amide bonds. The largest absolute Gasteiger partial charge is 0.307 e. The topological polar surface area (TPSA) is 37.4 Å². The Bertz CT molecular complexity index is 739. The third kappa shape index (κ3) is 2.45. The third-order valence-electron chi connectivity index (χ3n) is 3.72. The van der Waals surface area contributed by atoms with E-state index in [4.69, 9.17) is 11.6 Å². The molecule has 0 bridgehead atoms. The molecule has 4 heteroatoms. The minimum Gasteiger partial charge on any atom is -0.307 e. The van der Waals surface area contributed by atoms with Gasteiger partial charge in [-0.15, -0.1) is 0 Å². The molecule has 3 nitrogen and oxygen atoms in total. The number of anilines is 1. The molecule has 2 aromatic carbocycles. The summed E-state index contributed by atoms with van der Waals surface area (Å²) < 4.78 is 0. The van der Waals surface area contributed by atoms with Crippen LogP contribution in [0.4, 0.5) is 5.69 Å². The smallest absolute Gasteiger partial charge is 0.258 e. The van der Waals surface area contributed by atoms with Crippen molar-refractivity contribution in [2.45, 2.75) is 13.3 Å². The van der Waals surface area contributed by atoms with Gasteiger partial charge in [0.1, 0.15) is 0 Å². The van der Waals surface area contributed by atoms with Crippen molar-refractivity contribution >= 4 is 29.0 Å². The van der Waals surface area contributed by atoms with Gasteiger partial charge in [0, 0.05) is 29.1 Å². The molecule has 0 saturated carbocycles. The highest BCUT2D eigenvalue weighted by atomic mass is 35.5. The van der Waals surface area contributed by atoms with Crippen molar-refractivity contribution in [1.29, 1.82) is 0 Å². The number of fused-ring (bicyclic) bond motifs is 1. The number of benzene rings is 2. The first-order valence-electron chi connectivity index (χ1n) is 6.78. The lowest BCUT2D eigenvalue weighted by Gasteiger charge is -2.28. The highest BCUT2D eigenvalue weighted by Crippen LogP contribution is 2.28. The second-order valence-electron chi connectivity index (χ2n) is 5.11. The van der Waals surface area contributed by atoms with Crippen molar-refractivity contribution in [3.05, 3.63) is 64.2 Å². The van der Waals surface area contributed by atoms with Crippen LogP contribution in [0.2, 0.25) is 5.02 Å². The van der Waals surface area contributed by atoms with Crippen LogP contribution in [-0.4, -0.2) is 18.2 Å². The predicted molar refractivity (Wildman–Crippen MR) is 83.3 cm³/mol. The zero-order valence-corrected chi connectivity index (χ0v) is 12.4. The third-order valence-corrected chi connectivity index (χ3v) is 4.13. The van der Waals surface area contributed by atoms with Crippen LogP contribution >= 0.6 is 11.6 Å². The standard InChI is InChI=1S/C17H14ClNO2/c1-11-6-7-12(10-14(11)18)17(21)19-9-8-16(20)13-4-2-3-5-15(13)19/h2-7,10H,8-9H2,1H3. The lowest BCUT2D eigenvalue weighted by atomic mass is 9.99. The van der Waals surface area contributed by atoms with Crippen LogP contribution < -0.4 is 4.90 Å². The van der Waals surface area contributed by atoms with Gasteiger partial charge in [-0.25, -0.2) is 0 Å².